The largest absolute Gasteiger partial charge is 0.310 e. The van der Waals surface area contributed by atoms with Crippen molar-refractivity contribution in [1.29, 1.82) is 0 Å². The third-order valence-corrected chi connectivity index (χ3v) is 5.84. The van der Waals surface area contributed by atoms with Gasteiger partial charge in [-0.1, -0.05) is 18.2 Å². The molecule has 0 fully saturated rings. The zero-order chi connectivity index (χ0) is 19.8. The Hall–Kier alpha value is -2.48. The summed E-state index contributed by atoms with van der Waals surface area (Å²) >= 11 is 0. The summed E-state index contributed by atoms with van der Waals surface area (Å²) in [5.41, 5.74) is 1.67. The summed E-state index contributed by atoms with van der Waals surface area (Å²) in [5.74, 6) is -2.68. The lowest BCUT2D eigenvalue weighted by Gasteiger charge is -2.35. The van der Waals surface area contributed by atoms with E-state index in [0.29, 0.717) is 6.54 Å². The maximum atomic E-state index is 13.7. The predicted octanol–water partition coefficient (Wildman–Crippen LogP) is 3.10. The molecule has 1 aliphatic rings. The number of aryl methyl sites for hydroxylation is 1. The molecule has 0 N–H and O–H groups in total. The van der Waals surface area contributed by atoms with Gasteiger partial charge in [0.1, 0.15) is 6.04 Å². The minimum absolute atomic E-state index is 0.0949. The first-order valence-corrected chi connectivity index (χ1v) is 10.4. The molecule has 0 aromatic heterocycles. The fourth-order valence-corrected chi connectivity index (χ4v) is 4.57. The summed E-state index contributed by atoms with van der Waals surface area (Å²) in [7, 11) is -3.91. The van der Waals surface area contributed by atoms with Crippen LogP contribution >= 0.6 is 0 Å². The van der Waals surface area contributed by atoms with E-state index < -0.39 is 33.6 Å². The fourth-order valence-electron chi connectivity index (χ4n) is 3.41. The predicted molar refractivity (Wildman–Crippen MR) is 100 cm³/mol. The highest BCUT2D eigenvalue weighted by Gasteiger charge is 2.34. The molecule has 0 bridgehead atoms. The average Bonchev–Trinajstić information content (AvgIpc) is 2.62. The molecule has 3 rings (SSSR count). The van der Waals surface area contributed by atoms with Crippen molar-refractivity contribution in [2.45, 2.75) is 25.8 Å². The van der Waals surface area contributed by atoms with Gasteiger partial charge in [0.25, 0.3) is 5.91 Å². The third kappa shape index (κ3) is 3.80. The van der Waals surface area contributed by atoms with Crippen molar-refractivity contribution in [3.8, 4) is 0 Å². The van der Waals surface area contributed by atoms with Gasteiger partial charge >= 0.3 is 0 Å². The van der Waals surface area contributed by atoms with Gasteiger partial charge in [-0.05, 0) is 43.5 Å². The molecule has 5 nitrogen and oxygen atoms in total. The molecule has 144 valence electrons. The van der Waals surface area contributed by atoms with Crippen molar-refractivity contribution >= 4 is 27.3 Å². The van der Waals surface area contributed by atoms with E-state index in [2.05, 4.69) is 0 Å². The Balaban J connectivity index is 1.99. The molecular formula is C19H20F2N2O3S. The summed E-state index contributed by atoms with van der Waals surface area (Å²) < 4.78 is 52.4. The van der Waals surface area contributed by atoms with Crippen molar-refractivity contribution in [2.24, 2.45) is 0 Å². The van der Waals surface area contributed by atoms with Gasteiger partial charge in [0, 0.05) is 18.3 Å². The first-order valence-electron chi connectivity index (χ1n) is 8.54. The second-order valence-corrected chi connectivity index (χ2v) is 8.41. The molecule has 2 aromatic rings. The number of amides is 1. The van der Waals surface area contributed by atoms with Crippen LogP contribution in [0, 0.1) is 11.6 Å². The van der Waals surface area contributed by atoms with Crippen LogP contribution in [0.5, 0.6) is 0 Å². The number of halogens is 2. The fraction of sp³-hybridized carbons (Fsp3) is 0.316. The van der Waals surface area contributed by atoms with Crippen LogP contribution in [0.3, 0.4) is 0 Å². The van der Waals surface area contributed by atoms with Gasteiger partial charge in [0.05, 0.1) is 11.9 Å². The van der Waals surface area contributed by atoms with E-state index in [9.17, 15) is 22.0 Å². The molecule has 27 heavy (non-hydrogen) atoms. The van der Waals surface area contributed by atoms with Crippen LogP contribution in [-0.4, -0.2) is 33.2 Å². The molecule has 0 saturated carbocycles. The second-order valence-electron chi connectivity index (χ2n) is 6.56. The van der Waals surface area contributed by atoms with Crippen LogP contribution in [-0.2, 0) is 21.2 Å². The molecule has 1 aliphatic heterocycles. The van der Waals surface area contributed by atoms with Gasteiger partial charge in [0.15, 0.2) is 11.6 Å². The van der Waals surface area contributed by atoms with Gasteiger partial charge in [-0.15, -0.1) is 0 Å². The Morgan fingerprint density at radius 3 is 2.52 bits per heavy atom. The van der Waals surface area contributed by atoms with Crippen LogP contribution in [0.25, 0.3) is 0 Å². The summed E-state index contributed by atoms with van der Waals surface area (Å²) in [6.07, 6.45) is 2.54. The maximum Gasteiger partial charge on any atom is 0.250 e. The summed E-state index contributed by atoms with van der Waals surface area (Å²) in [6.45, 7) is 1.91. The summed E-state index contributed by atoms with van der Waals surface area (Å²) in [5, 5.41) is 0. The minimum Gasteiger partial charge on any atom is -0.310 e. The SMILES string of the molecule is C[C@H](C(=O)N1CCCc2ccccc21)N(c1ccc(F)c(F)c1)S(C)(=O)=O. The highest BCUT2D eigenvalue weighted by molar-refractivity contribution is 7.92. The number of nitrogens with zero attached hydrogens (tertiary/aromatic N) is 2. The van der Waals surface area contributed by atoms with E-state index in [1.54, 1.807) is 4.90 Å². The number of rotatable bonds is 4. The van der Waals surface area contributed by atoms with Crippen LogP contribution in [0.1, 0.15) is 18.9 Å². The number of sulfonamides is 1. The highest BCUT2D eigenvalue weighted by atomic mass is 32.2. The molecule has 0 spiro atoms. The van der Waals surface area contributed by atoms with Crippen molar-refractivity contribution in [3.63, 3.8) is 0 Å². The Bertz CT molecular complexity index is 979. The standard InChI is InChI=1S/C19H20F2N2O3S/c1-13(19(24)22-11-5-7-14-6-3-4-8-18(14)22)23(27(2,25)26)15-9-10-16(20)17(21)12-15/h3-4,6,8-10,12-13H,5,7,11H2,1-2H3/t13-/m1/s1. The van der Waals surface area contributed by atoms with Crippen LogP contribution < -0.4 is 9.21 Å². The number of hydrogen-bond acceptors (Lipinski definition) is 3. The van der Waals surface area contributed by atoms with Crippen LogP contribution in [0.2, 0.25) is 0 Å². The van der Waals surface area contributed by atoms with Crippen LogP contribution in [0.4, 0.5) is 20.2 Å². The zero-order valence-electron chi connectivity index (χ0n) is 15.0. The van der Waals surface area contributed by atoms with Gasteiger partial charge in [-0.3, -0.25) is 9.10 Å². The van der Waals surface area contributed by atoms with Gasteiger partial charge < -0.3 is 4.90 Å². The zero-order valence-corrected chi connectivity index (χ0v) is 15.8. The topological polar surface area (TPSA) is 57.7 Å². The second kappa shape index (κ2) is 7.26. The summed E-state index contributed by atoms with van der Waals surface area (Å²) in [4.78, 5) is 14.7. The smallest absolute Gasteiger partial charge is 0.250 e. The van der Waals surface area contributed by atoms with Crippen molar-refractivity contribution < 1.29 is 22.0 Å². The normalized spacial score (nSPS) is 15.2. The van der Waals surface area contributed by atoms with Crippen molar-refractivity contribution in [1.82, 2.24) is 0 Å². The van der Waals surface area contributed by atoms with E-state index in [4.69, 9.17) is 0 Å². The van der Waals surface area contributed by atoms with E-state index in [0.717, 1.165) is 52.9 Å². The maximum absolute atomic E-state index is 13.7. The van der Waals surface area contributed by atoms with E-state index in [1.165, 1.54) is 6.92 Å². The van der Waals surface area contributed by atoms with E-state index in [-0.39, 0.29) is 5.69 Å². The Morgan fingerprint density at radius 1 is 1.15 bits per heavy atom. The summed E-state index contributed by atoms with van der Waals surface area (Å²) in [6, 6.07) is 9.12. The van der Waals surface area contributed by atoms with Crippen molar-refractivity contribution in [3.05, 3.63) is 59.7 Å². The number of fused-ring (bicyclic) bond motifs is 1. The van der Waals surface area contributed by atoms with Gasteiger partial charge in [-0.25, -0.2) is 17.2 Å². The molecule has 1 atom stereocenters. The quantitative estimate of drug-likeness (QED) is 0.801. The van der Waals surface area contributed by atoms with E-state index in [1.807, 2.05) is 24.3 Å². The number of anilines is 2. The third-order valence-electron chi connectivity index (χ3n) is 4.60. The average molecular weight is 394 g/mol. The molecule has 0 saturated heterocycles. The van der Waals surface area contributed by atoms with Crippen molar-refractivity contribution in [2.75, 3.05) is 22.0 Å². The highest BCUT2D eigenvalue weighted by Crippen LogP contribution is 2.29. The molecule has 1 amide bonds. The molecule has 0 radical (unpaired) electrons. The lowest BCUT2D eigenvalue weighted by atomic mass is 10.0. The molecule has 2 aromatic carbocycles. The van der Waals surface area contributed by atoms with Gasteiger partial charge in [0.2, 0.25) is 10.0 Å². The number of para-hydroxylation sites is 1. The molecule has 0 aliphatic carbocycles. The van der Waals surface area contributed by atoms with E-state index >= 15 is 0 Å². The molecule has 1 heterocycles. The monoisotopic (exact) mass is 394 g/mol. The lowest BCUT2D eigenvalue weighted by Crippen LogP contribution is -2.50. The number of benzene rings is 2. The first kappa shape index (κ1) is 19.3. The Morgan fingerprint density at radius 2 is 1.85 bits per heavy atom. The van der Waals surface area contributed by atoms with Gasteiger partial charge in [-0.2, -0.15) is 0 Å². The first-order chi connectivity index (χ1) is 12.7. The number of carbonyl (C=O) groups is 1. The molecule has 0 unspecified atom stereocenters. The number of hydrogen-bond donors (Lipinski definition) is 0. The Labute approximate surface area is 157 Å². The minimum atomic E-state index is -3.91. The Kier molecular flexibility index (Phi) is 5.19. The van der Waals surface area contributed by atoms with Crippen LogP contribution in [0.15, 0.2) is 42.5 Å². The molecular weight excluding hydrogens is 374 g/mol. The molecule has 8 heteroatoms. The lowest BCUT2D eigenvalue weighted by molar-refractivity contribution is -0.119. The number of carbonyl (C=O) groups excluding carboxylic acids is 1.